The highest BCUT2D eigenvalue weighted by molar-refractivity contribution is 5.97. The molecular formula is C14H16N2O2. The van der Waals surface area contributed by atoms with Crippen molar-refractivity contribution in [3.63, 3.8) is 0 Å². The van der Waals surface area contributed by atoms with Crippen LogP contribution in [-0.4, -0.2) is 17.9 Å². The first-order chi connectivity index (χ1) is 8.54. The number of rotatable bonds is 2. The number of benzene rings is 1. The second kappa shape index (κ2) is 4.64. The zero-order valence-corrected chi connectivity index (χ0v) is 11.0. The van der Waals surface area contributed by atoms with Crippen LogP contribution in [0.25, 0.3) is 11.3 Å². The molecule has 1 aromatic carbocycles. The van der Waals surface area contributed by atoms with E-state index in [-0.39, 0.29) is 5.91 Å². The highest BCUT2D eigenvalue weighted by atomic mass is 16.4. The molecule has 0 aliphatic heterocycles. The van der Waals surface area contributed by atoms with Crippen molar-refractivity contribution in [1.82, 2.24) is 10.3 Å². The molecule has 0 aliphatic rings. The topological polar surface area (TPSA) is 55.1 Å². The van der Waals surface area contributed by atoms with Crippen LogP contribution >= 0.6 is 0 Å². The molecule has 0 radical (unpaired) electrons. The van der Waals surface area contributed by atoms with Crippen LogP contribution in [0.1, 0.15) is 27.6 Å². The van der Waals surface area contributed by atoms with Crippen molar-refractivity contribution >= 4 is 5.91 Å². The molecule has 94 valence electrons. The van der Waals surface area contributed by atoms with Crippen molar-refractivity contribution in [2.45, 2.75) is 20.8 Å². The Morgan fingerprint density at radius 3 is 2.56 bits per heavy atom. The third-order valence-corrected chi connectivity index (χ3v) is 2.96. The largest absolute Gasteiger partial charge is 0.446 e. The Balaban J connectivity index is 2.59. The summed E-state index contributed by atoms with van der Waals surface area (Å²) in [5, 5.41) is 2.64. The maximum Gasteiger partial charge on any atom is 0.251 e. The molecule has 0 bridgehead atoms. The van der Waals surface area contributed by atoms with E-state index in [1.165, 1.54) is 0 Å². The first-order valence-electron chi connectivity index (χ1n) is 5.80. The minimum atomic E-state index is -0.0905. The lowest BCUT2D eigenvalue weighted by Crippen LogP contribution is -2.19. The summed E-state index contributed by atoms with van der Waals surface area (Å²) in [7, 11) is 1.62. The van der Waals surface area contributed by atoms with Gasteiger partial charge in [0.05, 0.1) is 0 Å². The molecule has 1 N–H and O–H groups in total. The minimum Gasteiger partial charge on any atom is -0.446 e. The maximum absolute atomic E-state index is 11.8. The van der Waals surface area contributed by atoms with Gasteiger partial charge in [-0.25, -0.2) is 4.98 Å². The van der Waals surface area contributed by atoms with E-state index in [2.05, 4.69) is 10.3 Å². The molecule has 1 heterocycles. The third kappa shape index (κ3) is 2.01. The van der Waals surface area contributed by atoms with Crippen molar-refractivity contribution in [3.05, 3.63) is 41.0 Å². The molecular weight excluding hydrogens is 228 g/mol. The highest BCUT2D eigenvalue weighted by Gasteiger charge is 2.15. The maximum atomic E-state index is 11.8. The Morgan fingerprint density at radius 1 is 1.28 bits per heavy atom. The number of oxazole rings is 1. The molecule has 0 saturated heterocycles. The summed E-state index contributed by atoms with van der Waals surface area (Å²) in [4.78, 5) is 16.1. The van der Waals surface area contributed by atoms with Crippen molar-refractivity contribution in [3.8, 4) is 11.3 Å². The van der Waals surface area contributed by atoms with Gasteiger partial charge in [-0.05, 0) is 25.5 Å². The molecule has 0 saturated carbocycles. The standard InChI is InChI=1S/C14H16N2O2/c1-8-11(13-9(2)18-10(3)16-13)6-5-7-12(8)14(17)15-4/h5-7H,1-4H3,(H,15,17). The molecule has 2 rings (SSSR count). The van der Waals surface area contributed by atoms with E-state index in [1.54, 1.807) is 13.1 Å². The van der Waals surface area contributed by atoms with Crippen LogP contribution in [0.2, 0.25) is 0 Å². The van der Waals surface area contributed by atoms with Crippen LogP contribution in [0.5, 0.6) is 0 Å². The molecule has 0 aliphatic carbocycles. The summed E-state index contributed by atoms with van der Waals surface area (Å²) < 4.78 is 5.44. The number of amides is 1. The van der Waals surface area contributed by atoms with E-state index < -0.39 is 0 Å². The minimum absolute atomic E-state index is 0.0905. The summed E-state index contributed by atoms with van der Waals surface area (Å²) in [6.45, 7) is 5.61. The molecule has 18 heavy (non-hydrogen) atoms. The van der Waals surface area contributed by atoms with Crippen LogP contribution in [0.15, 0.2) is 22.6 Å². The normalized spacial score (nSPS) is 10.4. The number of nitrogens with one attached hydrogen (secondary N) is 1. The van der Waals surface area contributed by atoms with Gasteiger partial charge in [0.25, 0.3) is 5.91 Å². The molecule has 1 amide bonds. The second-order valence-electron chi connectivity index (χ2n) is 4.19. The van der Waals surface area contributed by atoms with E-state index in [4.69, 9.17) is 4.42 Å². The predicted octanol–water partition coefficient (Wildman–Crippen LogP) is 2.63. The summed E-state index contributed by atoms with van der Waals surface area (Å²) in [5.74, 6) is 1.31. The van der Waals surface area contributed by atoms with E-state index >= 15 is 0 Å². The number of hydrogen-bond acceptors (Lipinski definition) is 3. The van der Waals surface area contributed by atoms with Gasteiger partial charge in [0.15, 0.2) is 5.89 Å². The predicted molar refractivity (Wildman–Crippen MR) is 69.5 cm³/mol. The lowest BCUT2D eigenvalue weighted by atomic mass is 9.99. The van der Waals surface area contributed by atoms with Crippen LogP contribution in [0, 0.1) is 20.8 Å². The van der Waals surface area contributed by atoms with Gasteiger partial charge in [-0.2, -0.15) is 0 Å². The number of aryl methyl sites for hydroxylation is 2. The van der Waals surface area contributed by atoms with E-state index in [9.17, 15) is 4.79 Å². The summed E-state index contributed by atoms with van der Waals surface area (Å²) in [5.41, 5.74) is 3.31. The Morgan fingerprint density at radius 2 is 2.00 bits per heavy atom. The fourth-order valence-corrected chi connectivity index (χ4v) is 2.05. The second-order valence-corrected chi connectivity index (χ2v) is 4.19. The molecule has 0 unspecified atom stereocenters. The lowest BCUT2D eigenvalue weighted by molar-refractivity contribution is 0.0962. The van der Waals surface area contributed by atoms with Crippen molar-refractivity contribution in [1.29, 1.82) is 0 Å². The first-order valence-corrected chi connectivity index (χ1v) is 5.80. The van der Waals surface area contributed by atoms with E-state index in [0.717, 1.165) is 22.6 Å². The average molecular weight is 244 g/mol. The van der Waals surface area contributed by atoms with Crippen LogP contribution in [-0.2, 0) is 0 Å². The fourth-order valence-electron chi connectivity index (χ4n) is 2.05. The third-order valence-electron chi connectivity index (χ3n) is 2.96. The quantitative estimate of drug-likeness (QED) is 0.883. The van der Waals surface area contributed by atoms with Crippen molar-refractivity contribution in [2.75, 3.05) is 7.05 Å². The molecule has 0 spiro atoms. The lowest BCUT2D eigenvalue weighted by Gasteiger charge is -2.08. The molecule has 4 heteroatoms. The molecule has 2 aromatic rings. The van der Waals surface area contributed by atoms with Crippen LogP contribution < -0.4 is 5.32 Å². The molecule has 1 aromatic heterocycles. The van der Waals surface area contributed by atoms with E-state index in [0.29, 0.717) is 11.5 Å². The smallest absolute Gasteiger partial charge is 0.251 e. The number of nitrogens with zero attached hydrogens (tertiary/aromatic N) is 1. The average Bonchev–Trinajstić information content (AvgIpc) is 2.68. The number of carbonyl (C=O) groups is 1. The number of hydrogen-bond donors (Lipinski definition) is 1. The Kier molecular flexibility index (Phi) is 3.19. The molecule has 0 atom stereocenters. The first kappa shape index (κ1) is 12.4. The van der Waals surface area contributed by atoms with E-state index in [1.807, 2.05) is 32.9 Å². The summed E-state index contributed by atoms with van der Waals surface area (Å²) in [6.07, 6.45) is 0. The van der Waals surface area contributed by atoms with Gasteiger partial charge in [0.1, 0.15) is 11.5 Å². The Bertz CT molecular complexity index is 600. The zero-order valence-electron chi connectivity index (χ0n) is 11.0. The van der Waals surface area contributed by atoms with Crippen LogP contribution in [0.4, 0.5) is 0 Å². The Labute approximate surface area is 106 Å². The van der Waals surface area contributed by atoms with Gasteiger partial charge in [-0.3, -0.25) is 4.79 Å². The van der Waals surface area contributed by atoms with Gasteiger partial charge in [0.2, 0.25) is 0 Å². The van der Waals surface area contributed by atoms with Gasteiger partial charge in [-0.15, -0.1) is 0 Å². The van der Waals surface area contributed by atoms with Gasteiger partial charge in [0, 0.05) is 25.1 Å². The van der Waals surface area contributed by atoms with Gasteiger partial charge in [-0.1, -0.05) is 12.1 Å². The highest BCUT2D eigenvalue weighted by Crippen LogP contribution is 2.28. The van der Waals surface area contributed by atoms with Gasteiger partial charge >= 0.3 is 0 Å². The monoisotopic (exact) mass is 244 g/mol. The number of carbonyl (C=O) groups excluding carboxylic acids is 1. The SMILES string of the molecule is CNC(=O)c1cccc(-c2nc(C)oc2C)c1C. The number of aromatic nitrogens is 1. The summed E-state index contributed by atoms with van der Waals surface area (Å²) in [6, 6.07) is 5.61. The fraction of sp³-hybridized carbons (Fsp3) is 0.286. The zero-order chi connectivity index (χ0) is 13.3. The molecule has 4 nitrogen and oxygen atoms in total. The van der Waals surface area contributed by atoms with Crippen molar-refractivity contribution < 1.29 is 9.21 Å². The summed E-state index contributed by atoms with van der Waals surface area (Å²) >= 11 is 0. The van der Waals surface area contributed by atoms with Crippen LogP contribution in [0.3, 0.4) is 0 Å². The Hall–Kier alpha value is -2.10. The van der Waals surface area contributed by atoms with Crippen molar-refractivity contribution in [2.24, 2.45) is 0 Å². The molecule has 0 fully saturated rings. The van der Waals surface area contributed by atoms with Gasteiger partial charge < -0.3 is 9.73 Å².